The Morgan fingerprint density at radius 3 is 2.51 bits per heavy atom. The Morgan fingerprint density at radius 2 is 1.92 bits per heavy atom. The molecular formula is C29H38BrN3O4. The lowest BCUT2D eigenvalue weighted by Crippen LogP contribution is -2.32. The van der Waals surface area contributed by atoms with Crippen LogP contribution in [0.4, 0.5) is 0 Å². The van der Waals surface area contributed by atoms with Crippen molar-refractivity contribution in [1.29, 1.82) is 0 Å². The fourth-order valence-corrected chi connectivity index (χ4v) is 5.44. The van der Waals surface area contributed by atoms with E-state index in [2.05, 4.69) is 44.1 Å². The molecule has 0 spiro atoms. The number of nitrogens with two attached hydrogens (primary N) is 1. The number of hydrogen-bond donors (Lipinski definition) is 2. The van der Waals surface area contributed by atoms with E-state index in [1.165, 1.54) is 5.56 Å². The number of Topliss-reactive ketones (excluding diaryl/α,β-unsaturated/α-hetero) is 1. The molecule has 0 aliphatic carbocycles. The lowest BCUT2D eigenvalue weighted by molar-refractivity contribution is -0.118. The number of ketones is 1. The van der Waals surface area contributed by atoms with E-state index in [9.17, 15) is 14.7 Å². The van der Waals surface area contributed by atoms with Gasteiger partial charge in [0.05, 0.1) is 29.3 Å². The van der Waals surface area contributed by atoms with Gasteiger partial charge in [0.15, 0.2) is 17.3 Å². The van der Waals surface area contributed by atoms with Gasteiger partial charge in [-0.2, -0.15) is 4.02 Å². The first-order chi connectivity index (χ1) is 17.6. The summed E-state index contributed by atoms with van der Waals surface area (Å²) in [7, 11) is 0. The monoisotopic (exact) mass is 571 g/mol. The number of amides is 1. The van der Waals surface area contributed by atoms with Gasteiger partial charge in [-0.05, 0) is 41.9 Å². The van der Waals surface area contributed by atoms with Crippen molar-refractivity contribution >= 4 is 33.7 Å². The van der Waals surface area contributed by atoms with E-state index in [1.54, 1.807) is 12.1 Å². The fourth-order valence-electron chi connectivity index (χ4n) is 5.00. The molecule has 2 aromatic carbocycles. The van der Waals surface area contributed by atoms with Crippen LogP contribution in [0.1, 0.15) is 80.8 Å². The Hall–Kier alpha value is -2.87. The summed E-state index contributed by atoms with van der Waals surface area (Å²) < 4.78 is 10.3. The van der Waals surface area contributed by atoms with Gasteiger partial charge in [0.1, 0.15) is 5.84 Å². The van der Waals surface area contributed by atoms with Gasteiger partial charge in [0.2, 0.25) is 5.91 Å². The maximum atomic E-state index is 13.6. The van der Waals surface area contributed by atoms with Crippen molar-refractivity contribution < 1.29 is 19.4 Å². The van der Waals surface area contributed by atoms with Crippen LogP contribution < -0.4 is 10.5 Å². The molecule has 0 bridgehead atoms. The van der Waals surface area contributed by atoms with Gasteiger partial charge in [0, 0.05) is 30.0 Å². The highest BCUT2D eigenvalue weighted by atomic mass is 79.9. The number of rotatable bonds is 11. The summed E-state index contributed by atoms with van der Waals surface area (Å²) in [6.45, 7) is 9.22. The van der Waals surface area contributed by atoms with Gasteiger partial charge >= 0.3 is 0 Å². The number of nitrogens with zero attached hydrogens (tertiary/aromatic N) is 2. The highest BCUT2D eigenvalue weighted by molar-refractivity contribution is 9.08. The molecule has 0 radical (unpaired) electrons. The first kappa shape index (κ1) is 28.7. The summed E-state index contributed by atoms with van der Waals surface area (Å²) in [6, 6.07) is 13.7. The number of ether oxygens (including phenoxy) is 1. The van der Waals surface area contributed by atoms with E-state index >= 15 is 0 Å². The molecule has 0 unspecified atom stereocenters. The van der Waals surface area contributed by atoms with Gasteiger partial charge in [-0.25, -0.2) is 0 Å². The molecule has 3 N–H and O–H groups in total. The number of benzene rings is 2. The summed E-state index contributed by atoms with van der Waals surface area (Å²) in [5.41, 5.74) is 7.10. The van der Waals surface area contributed by atoms with Crippen molar-refractivity contribution in [1.82, 2.24) is 4.90 Å². The van der Waals surface area contributed by atoms with E-state index in [1.807, 2.05) is 39.0 Å². The number of likely N-dealkylation sites (tertiary alicyclic amines) is 1. The minimum Gasteiger partial charge on any atom is -0.504 e. The normalized spacial score (nSPS) is 18.8. The Morgan fingerprint density at radius 1 is 1.22 bits per heavy atom. The smallest absolute Gasteiger partial charge is 0.217 e. The highest BCUT2D eigenvalue weighted by Crippen LogP contribution is 2.40. The maximum absolute atomic E-state index is 13.6. The number of phenols is 1. The first-order valence-corrected chi connectivity index (χ1v) is 13.6. The van der Waals surface area contributed by atoms with Crippen LogP contribution in [-0.4, -0.2) is 47.2 Å². The molecule has 1 heterocycles. The van der Waals surface area contributed by atoms with E-state index in [-0.39, 0.29) is 42.8 Å². The van der Waals surface area contributed by atoms with Crippen molar-refractivity contribution in [3.63, 3.8) is 0 Å². The molecular weight excluding hydrogens is 534 g/mol. The number of carbonyl (C=O) groups excluding carboxylic acids is 2. The van der Waals surface area contributed by atoms with Crippen LogP contribution >= 0.6 is 16.1 Å². The topological polar surface area (TPSA) is 105 Å². The zero-order valence-electron chi connectivity index (χ0n) is 22.2. The van der Waals surface area contributed by atoms with E-state index in [0.717, 1.165) is 25.2 Å². The third kappa shape index (κ3) is 7.12. The second-order valence-electron chi connectivity index (χ2n) is 10.7. The molecule has 1 saturated heterocycles. The van der Waals surface area contributed by atoms with E-state index in [4.69, 9.17) is 10.5 Å². The summed E-state index contributed by atoms with van der Waals surface area (Å²) in [4.78, 5) is 26.7. The first-order valence-electron chi connectivity index (χ1n) is 12.9. The van der Waals surface area contributed by atoms with Crippen molar-refractivity contribution in [2.24, 2.45) is 15.7 Å². The number of aromatic hydroxyl groups is 1. The standard InChI is InChI=1S/C29H38BrN3O4/c1-5-10-20-17-33(28(32-30)26(20)19-11-7-6-8-12-19)18-23(34)21-15-22(29(2,3)4)27(36)24(16-21)37-14-9-13-25(31)35/h6-8,11-12,15-16,20,26,36H,5,9-10,13-14,17-18H2,1-4H3,(H2,31,35)/t20-,26+/m0/s1. The second kappa shape index (κ2) is 12.6. The number of primary amides is 1. The third-order valence-corrected chi connectivity index (χ3v) is 7.16. The van der Waals surface area contributed by atoms with Crippen LogP contribution in [0.5, 0.6) is 11.5 Å². The van der Waals surface area contributed by atoms with Crippen LogP contribution in [0.2, 0.25) is 0 Å². The molecule has 1 amide bonds. The summed E-state index contributed by atoms with van der Waals surface area (Å²) in [5, 5.41) is 10.9. The highest BCUT2D eigenvalue weighted by Gasteiger charge is 2.39. The van der Waals surface area contributed by atoms with Gasteiger partial charge in [-0.15, -0.1) is 0 Å². The molecule has 1 aliphatic rings. The molecule has 2 aromatic rings. The van der Waals surface area contributed by atoms with Crippen LogP contribution in [-0.2, 0) is 10.2 Å². The molecule has 1 fully saturated rings. The quantitative estimate of drug-likeness (QED) is 0.264. The second-order valence-corrected chi connectivity index (χ2v) is 11.1. The predicted molar refractivity (Wildman–Crippen MR) is 151 cm³/mol. The van der Waals surface area contributed by atoms with E-state index < -0.39 is 11.3 Å². The van der Waals surface area contributed by atoms with Crippen molar-refractivity contribution in [3.05, 3.63) is 59.2 Å². The summed E-state index contributed by atoms with van der Waals surface area (Å²) in [6.07, 6.45) is 2.70. The SMILES string of the molecule is CCC[C@H]1CN(CC(=O)c2cc(OCCCC(N)=O)c(O)c(C(C)(C)C)c2)C(=NBr)[C@@H]1c1ccccc1. The Balaban J connectivity index is 1.88. The van der Waals surface area contributed by atoms with Crippen molar-refractivity contribution in [2.45, 2.75) is 64.7 Å². The van der Waals surface area contributed by atoms with Gasteiger partial charge in [0.25, 0.3) is 0 Å². The maximum Gasteiger partial charge on any atom is 0.217 e. The third-order valence-electron chi connectivity index (χ3n) is 6.80. The van der Waals surface area contributed by atoms with Crippen LogP contribution in [0, 0.1) is 5.92 Å². The number of hydrogen-bond acceptors (Lipinski definition) is 5. The average molecular weight is 573 g/mol. The van der Waals surface area contributed by atoms with Gasteiger partial charge in [-0.3, -0.25) is 9.59 Å². The zero-order chi connectivity index (χ0) is 27.2. The molecule has 7 nitrogen and oxygen atoms in total. The zero-order valence-corrected chi connectivity index (χ0v) is 23.8. The molecule has 2 atom stereocenters. The number of phenolic OH excluding ortho intramolecular Hbond substituents is 1. The molecule has 200 valence electrons. The lowest BCUT2D eigenvalue weighted by Gasteiger charge is -2.24. The predicted octanol–water partition coefficient (Wildman–Crippen LogP) is 5.74. The average Bonchev–Trinajstić information content (AvgIpc) is 3.19. The van der Waals surface area contributed by atoms with Crippen LogP contribution in [0.25, 0.3) is 0 Å². The Labute approximate surface area is 228 Å². The number of halogens is 1. The molecule has 8 heteroatoms. The van der Waals surface area contributed by atoms with Crippen LogP contribution in [0.15, 0.2) is 46.5 Å². The Kier molecular flexibility index (Phi) is 9.76. The number of amidine groups is 1. The molecule has 0 saturated carbocycles. The fraction of sp³-hybridized carbons (Fsp3) is 0.483. The van der Waals surface area contributed by atoms with Crippen molar-refractivity contribution in [3.8, 4) is 11.5 Å². The van der Waals surface area contributed by atoms with Crippen LogP contribution in [0.3, 0.4) is 0 Å². The molecule has 1 aliphatic heterocycles. The minimum atomic E-state index is -0.410. The van der Waals surface area contributed by atoms with Gasteiger partial charge in [-0.1, -0.05) is 64.4 Å². The minimum absolute atomic E-state index is 0.0131. The summed E-state index contributed by atoms with van der Waals surface area (Å²) in [5.74, 6) is 1.09. The largest absolute Gasteiger partial charge is 0.504 e. The molecule has 0 aromatic heterocycles. The Bertz CT molecular complexity index is 1130. The molecule has 37 heavy (non-hydrogen) atoms. The molecule has 3 rings (SSSR count). The number of carbonyl (C=O) groups is 2. The van der Waals surface area contributed by atoms with E-state index in [0.29, 0.717) is 23.5 Å². The lowest BCUT2D eigenvalue weighted by atomic mass is 9.84. The van der Waals surface area contributed by atoms with Gasteiger partial charge < -0.3 is 20.5 Å². The summed E-state index contributed by atoms with van der Waals surface area (Å²) >= 11 is 3.33. The van der Waals surface area contributed by atoms with Crippen molar-refractivity contribution in [2.75, 3.05) is 19.7 Å².